The van der Waals surface area contributed by atoms with Crippen molar-refractivity contribution in [1.82, 2.24) is 4.90 Å². The van der Waals surface area contributed by atoms with Gasteiger partial charge in [0, 0.05) is 6.54 Å². The molecule has 0 aromatic heterocycles. The smallest absolute Gasteiger partial charge is 0.314 e. The third kappa shape index (κ3) is 4.35. The highest BCUT2D eigenvalue weighted by molar-refractivity contribution is 5.78. The summed E-state index contributed by atoms with van der Waals surface area (Å²) in [6.07, 6.45) is 7.30. The van der Waals surface area contributed by atoms with Crippen LogP contribution in [0.15, 0.2) is 30.3 Å². The van der Waals surface area contributed by atoms with Gasteiger partial charge in [-0.15, -0.1) is 0 Å². The summed E-state index contributed by atoms with van der Waals surface area (Å²) < 4.78 is 5.86. The molecular weight excluding hydrogens is 286 g/mol. The lowest BCUT2D eigenvalue weighted by atomic mass is 9.85. The van der Waals surface area contributed by atoms with Gasteiger partial charge < -0.3 is 4.74 Å². The van der Waals surface area contributed by atoms with Gasteiger partial charge in [0.2, 0.25) is 0 Å². The molecule has 0 unspecified atom stereocenters. The van der Waals surface area contributed by atoms with E-state index in [0.717, 1.165) is 38.0 Å². The number of benzene rings is 1. The molecule has 3 heteroatoms. The van der Waals surface area contributed by atoms with Gasteiger partial charge in [-0.3, -0.25) is 9.69 Å². The normalized spacial score (nSPS) is 22.1. The number of carbonyl (C=O) groups excluding carboxylic acids is 1. The quantitative estimate of drug-likeness (QED) is 0.744. The fourth-order valence-corrected chi connectivity index (χ4v) is 4.19. The Morgan fingerprint density at radius 2 is 1.78 bits per heavy atom. The molecule has 2 atom stereocenters. The Labute approximate surface area is 140 Å². The Bertz CT molecular complexity index is 490. The van der Waals surface area contributed by atoms with Crippen LogP contribution in [0.5, 0.6) is 0 Å². The summed E-state index contributed by atoms with van der Waals surface area (Å²) in [6, 6.07) is 10.2. The molecule has 1 heterocycles. The summed E-state index contributed by atoms with van der Waals surface area (Å²) in [7, 11) is 0. The highest BCUT2D eigenvalue weighted by Gasteiger charge is 2.34. The molecule has 1 saturated heterocycles. The fourth-order valence-electron chi connectivity index (χ4n) is 4.19. The molecule has 0 bridgehead atoms. The summed E-state index contributed by atoms with van der Waals surface area (Å²) in [6.45, 7) is 5.20. The molecule has 126 valence electrons. The number of ether oxygens (including phenoxy) is 1. The molecule has 2 fully saturated rings. The average molecular weight is 315 g/mol. The standard InChI is InChI=1S/C20H29NO2/c1-16(15-21-13-7-8-14-21)23-20(22)19(18-11-5-6-12-18)17-9-3-2-4-10-17/h2-4,9-10,16,18-19H,5-8,11-15H2,1H3/t16-,19-/m0/s1. The second-order valence-electron chi connectivity index (χ2n) is 7.19. The van der Waals surface area contributed by atoms with Crippen LogP contribution in [0.25, 0.3) is 0 Å². The van der Waals surface area contributed by atoms with Gasteiger partial charge in [0.25, 0.3) is 0 Å². The van der Waals surface area contributed by atoms with E-state index in [9.17, 15) is 4.79 Å². The minimum absolute atomic E-state index is 0.0187. The van der Waals surface area contributed by atoms with Crippen LogP contribution in [-0.4, -0.2) is 36.6 Å². The third-order valence-corrected chi connectivity index (χ3v) is 5.32. The van der Waals surface area contributed by atoms with Crippen LogP contribution in [0, 0.1) is 5.92 Å². The Morgan fingerprint density at radius 3 is 2.43 bits per heavy atom. The van der Waals surface area contributed by atoms with Gasteiger partial charge in [-0.05, 0) is 57.2 Å². The molecule has 1 aromatic rings. The maximum absolute atomic E-state index is 12.9. The highest BCUT2D eigenvalue weighted by Crippen LogP contribution is 2.38. The Morgan fingerprint density at radius 1 is 1.13 bits per heavy atom. The molecule has 0 radical (unpaired) electrons. The number of hydrogen-bond acceptors (Lipinski definition) is 3. The molecule has 1 aliphatic heterocycles. The van der Waals surface area contributed by atoms with Crippen LogP contribution < -0.4 is 0 Å². The van der Waals surface area contributed by atoms with Crippen molar-refractivity contribution in [3.63, 3.8) is 0 Å². The minimum Gasteiger partial charge on any atom is -0.461 e. The molecule has 1 aliphatic carbocycles. The van der Waals surface area contributed by atoms with E-state index < -0.39 is 0 Å². The predicted octanol–water partition coefficient (Wildman–Crippen LogP) is 3.99. The number of esters is 1. The van der Waals surface area contributed by atoms with E-state index in [1.807, 2.05) is 25.1 Å². The van der Waals surface area contributed by atoms with E-state index in [2.05, 4.69) is 17.0 Å². The predicted molar refractivity (Wildman–Crippen MR) is 92.4 cm³/mol. The van der Waals surface area contributed by atoms with E-state index in [1.54, 1.807) is 0 Å². The Kier molecular flexibility index (Phi) is 5.71. The lowest BCUT2D eigenvalue weighted by molar-refractivity contribution is -0.152. The van der Waals surface area contributed by atoms with Gasteiger partial charge in [-0.1, -0.05) is 43.2 Å². The Hall–Kier alpha value is -1.35. The monoisotopic (exact) mass is 315 g/mol. The summed E-state index contributed by atoms with van der Waals surface area (Å²) in [5, 5.41) is 0. The zero-order valence-electron chi connectivity index (χ0n) is 14.2. The van der Waals surface area contributed by atoms with Crippen molar-refractivity contribution in [3.8, 4) is 0 Å². The van der Waals surface area contributed by atoms with Gasteiger partial charge in [0.15, 0.2) is 0 Å². The molecule has 3 nitrogen and oxygen atoms in total. The Balaban J connectivity index is 1.64. The van der Waals surface area contributed by atoms with Gasteiger partial charge in [0.1, 0.15) is 6.10 Å². The van der Waals surface area contributed by atoms with Crippen molar-refractivity contribution >= 4 is 5.97 Å². The zero-order valence-corrected chi connectivity index (χ0v) is 14.2. The first-order valence-electron chi connectivity index (χ1n) is 9.22. The number of rotatable bonds is 6. The summed E-state index contributed by atoms with van der Waals surface area (Å²) >= 11 is 0. The van der Waals surface area contributed by atoms with Crippen molar-refractivity contribution in [2.45, 2.75) is 57.5 Å². The second kappa shape index (κ2) is 7.96. The minimum atomic E-state index is -0.0836. The molecule has 23 heavy (non-hydrogen) atoms. The second-order valence-corrected chi connectivity index (χ2v) is 7.19. The lowest BCUT2D eigenvalue weighted by Gasteiger charge is -2.26. The van der Waals surface area contributed by atoms with E-state index in [-0.39, 0.29) is 18.0 Å². The SMILES string of the molecule is C[C@@H](CN1CCCC1)OC(=O)[C@@H](c1ccccc1)C1CCCC1. The van der Waals surface area contributed by atoms with Crippen molar-refractivity contribution in [1.29, 1.82) is 0 Å². The van der Waals surface area contributed by atoms with Crippen molar-refractivity contribution < 1.29 is 9.53 Å². The van der Waals surface area contributed by atoms with E-state index >= 15 is 0 Å². The van der Waals surface area contributed by atoms with Crippen molar-refractivity contribution in [2.24, 2.45) is 5.92 Å². The molecular formula is C20H29NO2. The topological polar surface area (TPSA) is 29.5 Å². The van der Waals surface area contributed by atoms with Gasteiger partial charge in [-0.2, -0.15) is 0 Å². The first-order valence-corrected chi connectivity index (χ1v) is 9.22. The van der Waals surface area contributed by atoms with Crippen LogP contribution >= 0.6 is 0 Å². The van der Waals surface area contributed by atoms with Gasteiger partial charge >= 0.3 is 5.97 Å². The van der Waals surface area contributed by atoms with Crippen molar-refractivity contribution in [3.05, 3.63) is 35.9 Å². The zero-order chi connectivity index (χ0) is 16.1. The maximum Gasteiger partial charge on any atom is 0.314 e. The van der Waals surface area contributed by atoms with E-state index in [1.165, 1.54) is 25.7 Å². The fraction of sp³-hybridized carbons (Fsp3) is 0.650. The first kappa shape index (κ1) is 16.5. The third-order valence-electron chi connectivity index (χ3n) is 5.32. The molecule has 0 amide bonds. The molecule has 1 aromatic carbocycles. The summed E-state index contributed by atoms with van der Waals surface area (Å²) in [5.74, 6) is 0.346. The lowest BCUT2D eigenvalue weighted by Crippen LogP contribution is -2.33. The average Bonchev–Trinajstić information content (AvgIpc) is 3.22. The summed E-state index contributed by atoms with van der Waals surface area (Å²) in [4.78, 5) is 15.3. The molecule has 1 saturated carbocycles. The van der Waals surface area contributed by atoms with E-state index in [4.69, 9.17) is 4.74 Å². The number of hydrogen-bond donors (Lipinski definition) is 0. The van der Waals surface area contributed by atoms with Gasteiger partial charge in [0.05, 0.1) is 5.92 Å². The highest BCUT2D eigenvalue weighted by atomic mass is 16.5. The van der Waals surface area contributed by atoms with Crippen LogP contribution in [0.4, 0.5) is 0 Å². The number of likely N-dealkylation sites (tertiary alicyclic amines) is 1. The molecule has 3 rings (SSSR count). The van der Waals surface area contributed by atoms with Crippen LogP contribution in [0.1, 0.15) is 56.9 Å². The van der Waals surface area contributed by atoms with Crippen molar-refractivity contribution in [2.75, 3.05) is 19.6 Å². The molecule has 0 spiro atoms. The van der Waals surface area contributed by atoms with Crippen LogP contribution in [-0.2, 0) is 9.53 Å². The number of nitrogens with zero attached hydrogens (tertiary/aromatic N) is 1. The van der Waals surface area contributed by atoms with Crippen LogP contribution in [0.3, 0.4) is 0 Å². The maximum atomic E-state index is 12.9. The largest absolute Gasteiger partial charge is 0.461 e. The van der Waals surface area contributed by atoms with E-state index in [0.29, 0.717) is 5.92 Å². The molecule has 0 N–H and O–H groups in total. The van der Waals surface area contributed by atoms with Gasteiger partial charge in [-0.25, -0.2) is 0 Å². The molecule has 2 aliphatic rings. The summed E-state index contributed by atoms with van der Waals surface area (Å²) in [5.41, 5.74) is 1.12. The van der Waals surface area contributed by atoms with Crippen LogP contribution in [0.2, 0.25) is 0 Å². The first-order chi connectivity index (χ1) is 11.2. The number of carbonyl (C=O) groups is 1.